The Morgan fingerprint density at radius 2 is 2.20 bits per heavy atom. The number of nitrogen functional groups attached to an aromatic ring is 1. The second kappa shape index (κ2) is 3.80. The lowest BCUT2D eigenvalue weighted by Crippen LogP contribution is -1.87. The zero-order valence-corrected chi connectivity index (χ0v) is 10.1. The third-order valence-corrected chi connectivity index (χ3v) is 3.12. The maximum absolute atomic E-state index is 13.0. The first kappa shape index (κ1) is 10.4. The van der Waals surface area contributed by atoms with Crippen LogP contribution in [0.3, 0.4) is 0 Å². The van der Waals surface area contributed by atoms with Crippen LogP contribution >= 0.6 is 22.6 Å². The predicted molar refractivity (Wildman–Crippen MR) is 63.8 cm³/mol. The molecule has 78 valence electrons. The minimum absolute atomic E-state index is 0.235. The topological polar surface area (TPSA) is 52.0 Å². The van der Waals surface area contributed by atoms with E-state index in [0.29, 0.717) is 17.1 Å². The Morgan fingerprint density at radius 3 is 2.73 bits per heavy atom. The highest BCUT2D eigenvalue weighted by molar-refractivity contribution is 14.1. The fraction of sp³-hybridized carbons (Fsp3) is 0.100. The predicted octanol–water partition coefficient (Wildman–Crippen LogP) is 2.98. The smallest absolute Gasteiger partial charge is 0.182 e. The lowest BCUT2D eigenvalue weighted by atomic mass is 10.1. The standard InChI is InChI=1S/C10H8FIN2O/c1-5-4-6(2-3-7(5)11)9-8(12)10(13)14-15-9/h2-4H,1H3,(H2,13,14). The molecule has 1 heterocycles. The van der Waals surface area contributed by atoms with Crippen LogP contribution in [-0.2, 0) is 0 Å². The molecule has 0 saturated heterocycles. The first-order valence-electron chi connectivity index (χ1n) is 4.26. The van der Waals surface area contributed by atoms with Crippen LogP contribution in [0.5, 0.6) is 0 Å². The first-order valence-corrected chi connectivity index (χ1v) is 5.34. The minimum atomic E-state index is -0.235. The van der Waals surface area contributed by atoms with Crippen LogP contribution in [0.25, 0.3) is 11.3 Å². The van der Waals surface area contributed by atoms with Gasteiger partial charge in [0.15, 0.2) is 11.6 Å². The van der Waals surface area contributed by atoms with Gasteiger partial charge in [0.2, 0.25) is 0 Å². The summed E-state index contributed by atoms with van der Waals surface area (Å²) >= 11 is 2.05. The quantitative estimate of drug-likeness (QED) is 0.823. The molecule has 1 aromatic carbocycles. The summed E-state index contributed by atoms with van der Waals surface area (Å²) in [4.78, 5) is 0. The van der Waals surface area contributed by atoms with Gasteiger partial charge in [0.25, 0.3) is 0 Å². The molecule has 0 unspecified atom stereocenters. The molecular formula is C10H8FIN2O. The lowest BCUT2D eigenvalue weighted by molar-refractivity contribution is 0.435. The Morgan fingerprint density at radius 1 is 1.47 bits per heavy atom. The SMILES string of the molecule is Cc1cc(-c2onc(N)c2I)ccc1F. The van der Waals surface area contributed by atoms with E-state index in [1.165, 1.54) is 6.07 Å². The molecule has 15 heavy (non-hydrogen) atoms. The van der Waals surface area contributed by atoms with Crippen LogP contribution in [0.15, 0.2) is 22.7 Å². The summed E-state index contributed by atoms with van der Waals surface area (Å²) in [5.41, 5.74) is 6.91. The molecule has 1 aromatic heterocycles. The second-order valence-corrected chi connectivity index (χ2v) is 4.25. The molecule has 0 fully saturated rings. The monoisotopic (exact) mass is 318 g/mol. The van der Waals surface area contributed by atoms with Crippen LogP contribution in [-0.4, -0.2) is 5.16 Å². The zero-order chi connectivity index (χ0) is 11.0. The Bertz CT molecular complexity index is 510. The third-order valence-electron chi connectivity index (χ3n) is 2.08. The average molecular weight is 318 g/mol. The van der Waals surface area contributed by atoms with Crippen molar-refractivity contribution in [3.63, 3.8) is 0 Å². The molecule has 3 nitrogen and oxygen atoms in total. The van der Waals surface area contributed by atoms with Gasteiger partial charge in [-0.1, -0.05) is 5.16 Å². The van der Waals surface area contributed by atoms with E-state index in [1.54, 1.807) is 19.1 Å². The summed E-state index contributed by atoms with van der Waals surface area (Å²) in [6.45, 7) is 1.70. The van der Waals surface area contributed by atoms with Gasteiger partial charge < -0.3 is 10.3 Å². The molecule has 5 heteroatoms. The number of benzene rings is 1. The number of nitrogens with two attached hydrogens (primary N) is 1. The molecule has 0 amide bonds. The first-order chi connectivity index (χ1) is 7.09. The van der Waals surface area contributed by atoms with E-state index in [-0.39, 0.29) is 5.82 Å². The van der Waals surface area contributed by atoms with Gasteiger partial charge in [-0.05, 0) is 53.3 Å². The van der Waals surface area contributed by atoms with Gasteiger partial charge >= 0.3 is 0 Å². The second-order valence-electron chi connectivity index (χ2n) is 3.17. The summed E-state index contributed by atoms with van der Waals surface area (Å²) in [6, 6.07) is 4.75. The minimum Gasteiger partial charge on any atom is -0.380 e. The number of halogens is 2. The number of aromatic nitrogens is 1. The molecule has 0 aliphatic heterocycles. The van der Waals surface area contributed by atoms with Crippen LogP contribution in [0.4, 0.5) is 10.2 Å². The van der Waals surface area contributed by atoms with Crippen LogP contribution < -0.4 is 5.73 Å². The van der Waals surface area contributed by atoms with E-state index in [4.69, 9.17) is 10.3 Å². The largest absolute Gasteiger partial charge is 0.380 e. The average Bonchev–Trinajstić information content (AvgIpc) is 2.53. The number of nitrogens with zero attached hydrogens (tertiary/aromatic N) is 1. The Balaban J connectivity index is 2.55. The van der Waals surface area contributed by atoms with Crippen molar-refractivity contribution < 1.29 is 8.91 Å². The molecule has 0 aliphatic carbocycles. The van der Waals surface area contributed by atoms with Gasteiger partial charge in [0.1, 0.15) is 9.39 Å². The summed E-state index contributed by atoms with van der Waals surface area (Å²) in [5, 5.41) is 3.65. The molecular weight excluding hydrogens is 310 g/mol. The van der Waals surface area contributed by atoms with Crippen molar-refractivity contribution in [2.75, 3.05) is 5.73 Å². The van der Waals surface area contributed by atoms with E-state index in [2.05, 4.69) is 5.16 Å². The molecule has 0 radical (unpaired) electrons. The van der Waals surface area contributed by atoms with Crippen LogP contribution in [0.2, 0.25) is 0 Å². The van der Waals surface area contributed by atoms with E-state index in [0.717, 1.165) is 9.13 Å². The molecule has 0 bridgehead atoms. The molecule has 0 spiro atoms. The van der Waals surface area contributed by atoms with Gasteiger partial charge in [-0.15, -0.1) is 0 Å². The Kier molecular flexibility index (Phi) is 2.64. The molecule has 2 aromatic rings. The van der Waals surface area contributed by atoms with Crippen molar-refractivity contribution in [1.29, 1.82) is 0 Å². The van der Waals surface area contributed by atoms with Gasteiger partial charge in [-0.2, -0.15) is 0 Å². The van der Waals surface area contributed by atoms with Gasteiger partial charge in [-0.3, -0.25) is 0 Å². The Hall–Kier alpha value is -1.11. The number of anilines is 1. The summed E-state index contributed by atoms with van der Waals surface area (Å²) in [6.07, 6.45) is 0. The highest BCUT2D eigenvalue weighted by Gasteiger charge is 2.13. The van der Waals surface area contributed by atoms with Crippen molar-refractivity contribution >= 4 is 28.4 Å². The van der Waals surface area contributed by atoms with E-state index < -0.39 is 0 Å². The molecule has 0 atom stereocenters. The maximum atomic E-state index is 13.0. The summed E-state index contributed by atoms with van der Waals surface area (Å²) < 4.78 is 18.9. The van der Waals surface area contributed by atoms with Crippen LogP contribution in [0.1, 0.15) is 5.56 Å². The van der Waals surface area contributed by atoms with E-state index in [9.17, 15) is 4.39 Å². The van der Waals surface area contributed by atoms with Crippen LogP contribution in [0, 0.1) is 16.3 Å². The van der Waals surface area contributed by atoms with Crippen molar-refractivity contribution in [2.24, 2.45) is 0 Å². The fourth-order valence-corrected chi connectivity index (χ4v) is 1.77. The number of hydrogen-bond donors (Lipinski definition) is 1. The summed E-state index contributed by atoms with van der Waals surface area (Å²) in [7, 11) is 0. The molecule has 2 N–H and O–H groups in total. The molecule has 0 aliphatic rings. The van der Waals surface area contributed by atoms with E-state index >= 15 is 0 Å². The highest BCUT2D eigenvalue weighted by Crippen LogP contribution is 2.29. The zero-order valence-electron chi connectivity index (χ0n) is 7.92. The van der Waals surface area contributed by atoms with Crippen molar-refractivity contribution in [3.05, 3.63) is 33.1 Å². The number of hydrogen-bond acceptors (Lipinski definition) is 3. The normalized spacial score (nSPS) is 10.6. The van der Waals surface area contributed by atoms with E-state index in [1.807, 2.05) is 22.6 Å². The third kappa shape index (κ3) is 1.83. The fourth-order valence-electron chi connectivity index (χ4n) is 1.26. The maximum Gasteiger partial charge on any atom is 0.182 e. The van der Waals surface area contributed by atoms with Gasteiger partial charge in [0.05, 0.1) is 0 Å². The van der Waals surface area contributed by atoms with Gasteiger partial charge in [-0.25, -0.2) is 4.39 Å². The lowest BCUT2D eigenvalue weighted by Gasteiger charge is -1.99. The Labute approximate surface area is 99.6 Å². The molecule has 0 saturated carbocycles. The number of rotatable bonds is 1. The number of aryl methyl sites for hydroxylation is 1. The highest BCUT2D eigenvalue weighted by atomic mass is 127. The van der Waals surface area contributed by atoms with Crippen molar-refractivity contribution in [1.82, 2.24) is 5.16 Å². The molecule has 2 rings (SSSR count). The summed E-state index contributed by atoms with van der Waals surface area (Å²) in [5.74, 6) is 0.699. The van der Waals surface area contributed by atoms with Crippen molar-refractivity contribution in [2.45, 2.75) is 6.92 Å². The van der Waals surface area contributed by atoms with Crippen molar-refractivity contribution in [3.8, 4) is 11.3 Å². The van der Waals surface area contributed by atoms with Gasteiger partial charge in [0, 0.05) is 5.56 Å².